The van der Waals surface area contributed by atoms with Gasteiger partial charge in [0.05, 0.1) is 13.2 Å². The number of ether oxygens (including phenoxy) is 1. The van der Waals surface area contributed by atoms with Crippen LogP contribution in [0.4, 0.5) is 0 Å². The van der Waals surface area contributed by atoms with Gasteiger partial charge in [-0.15, -0.1) is 0 Å². The lowest BCUT2D eigenvalue weighted by Gasteiger charge is -2.43. The van der Waals surface area contributed by atoms with Gasteiger partial charge in [-0.25, -0.2) is 0 Å². The Morgan fingerprint density at radius 2 is 2.12 bits per heavy atom. The summed E-state index contributed by atoms with van der Waals surface area (Å²) in [5.74, 6) is 1.67. The van der Waals surface area contributed by atoms with Crippen LogP contribution in [0.15, 0.2) is 0 Å². The topological polar surface area (TPSA) is 24.5 Å². The smallest absolute Gasteiger partial charge is 0.0632 e. The van der Waals surface area contributed by atoms with E-state index < -0.39 is 0 Å². The second kappa shape index (κ2) is 5.48. The van der Waals surface area contributed by atoms with Gasteiger partial charge in [0.2, 0.25) is 0 Å². The number of rotatable bonds is 2. The third kappa shape index (κ3) is 2.96. The van der Waals surface area contributed by atoms with Gasteiger partial charge in [-0.1, -0.05) is 13.8 Å². The largest absolute Gasteiger partial charge is 0.378 e. The third-order valence-electron chi connectivity index (χ3n) is 4.17. The predicted molar refractivity (Wildman–Crippen MR) is 66.6 cm³/mol. The standard InChI is InChI=1S/C13H26N2O/c1-10-6-11(2)12(3)15(7-10)8-13-9-16-5-4-14-13/h10-14H,4-9H2,1-3H3. The molecule has 2 aliphatic heterocycles. The maximum atomic E-state index is 5.52. The maximum Gasteiger partial charge on any atom is 0.0632 e. The lowest BCUT2D eigenvalue weighted by molar-refractivity contribution is 0.0276. The minimum Gasteiger partial charge on any atom is -0.378 e. The molecule has 16 heavy (non-hydrogen) atoms. The number of piperidine rings is 1. The molecule has 2 fully saturated rings. The Morgan fingerprint density at radius 1 is 1.31 bits per heavy atom. The van der Waals surface area contributed by atoms with E-state index in [1.807, 2.05) is 0 Å². The Kier molecular flexibility index (Phi) is 4.22. The molecule has 2 saturated heterocycles. The average molecular weight is 226 g/mol. The molecule has 0 aromatic heterocycles. The Labute approximate surface area is 99.5 Å². The molecule has 4 unspecified atom stereocenters. The van der Waals surface area contributed by atoms with Crippen LogP contribution in [-0.2, 0) is 4.74 Å². The Hall–Kier alpha value is -0.120. The van der Waals surface area contributed by atoms with Crippen LogP contribution in [0.25, 0.3) is 0 Å². The van der Waals surface area contributed by atoms with E-state index in [9.17, 15) is 0 Å². The van der Waals surface area contributed by atoms with Crippen molar-refractivity contribution < 1.29 is 4.74 Å². The van der Waals surface area contributed by atoms with E-state index >= 15 is 0 Å². The normalized spacial score (nSPS) is 42.2. The van der Waals surface area contributed by atoms with E-state index in [4.69, 9.17) is 4.74 Å². The number of hydrogen-bond acceptors (Lipinski definition) is 3. The molecular weight excluding hydrogens is 200 g/mol. The second-order valence-corrected chi connectivity index (χ2v) is 5.74. The average Bonchev–Trinajstić information content (AvgIpc) is 2.27. The Bertz CT molecular complexity index is 216. The molecule has 2 heterocycles. The van der Waals surface area contributed by atoms with Crippen LogP contribution >= 0.6 is 0 Å². The van der Waals surface area contributed by atoms with Crippen molar-refractivity contribution in [2.24, 2.45) is 11.8 Å². The van der Waals surface area contributed by atoms with Crippen LogP contribution in [0.5, 0.6) is 0 Å². The summed E-state index contributed by atoms with van der Waals surface area (Å²) < 4.78 is 5.52. The molecule has 0 aliphatic carbocycles. The van der Waals surface area contributed by atoms with Crippen LogP contribution in [0.3, 0.4) is 0 Å². The molecule has 4 atom stereocenters. The SMILES string of the molecule is CC1CC(C)C(C)N(CC2COCCN2)C1. The number of nitrogens with one attached hydrogen (secondary N) is 1. The summed E-state index contributed by atoms with van der Waals surface area (Å²) in [6.07, 6.45) is 1.38. The first-order valence-electron chi connectivity index (χ1n) is 6.72. The van der Waals surface area contributed by atoms with E-state index in [0.717, 1.165) is 44.2 Å². The fraction of sp³-hybridized carbons (Fsp3) is 1.00. The van der Waals surface area contributed by atoms with Gasteiger partial charge in [-0.3, -0.25) is 4.90 Å². The Balaban J connectivity index is 1.86. The lowest BCUT2D eigenvalue weighted by atomic mass is 9.86. The van der Waals surface area contributed by atoms with Crippen LogP contribution in [0.1, 0.15) is 27.2 Å². The zero-order chi connectivity index (χ0) is 11.5. The Morgan fingerprint density at radius 3 is 2.81 bits per heavy atom. The van der Waals surface area contributed by atoms with Crippen molar-refractivity contribution in [3.63, 3.8) is 0 Å². The summed E-state index contributed by atoms with van der Waals surface area (Å²) in [7, 11) is 0. The molecule has 3 heteroatoms. The summed E-state index contributed by atoms with van der Waals surface area (Å²) in [5, 5.41) is 3.55. The van der Waals surface area contributed by atoms with Crippen molar-refractivity contribution in [3.8, 4) is 0 Å². The molecule has 0 aromatic carbocycles. The highest BCUT2D eigenvalue weighted by Gasteiger charge is 2.30. The van der Waals surface area contributed by atoms with E-state index in [1.54, 1.807) is 0 Å². The lowest BCUT2D eigenvalue weighted by Crippen LogP contribution is -2.54. The zero-order valence-corrected chi connectivity index (χ0v) is 10.9. The molecule has 0 radical (unpaired) electrons. The molecule has 94 valence electrons. The van der Waals surface area contributed by atoms with Gasteiger partial charge in [-0.05, 0) is 25.2 Å². The molecule has 1 N–H and O–H groups in total. The number of nitrogens with zero attached hydrogens (tertiary/aromatic N) is 1. The van der Waals surface area contributed by atoms with Crippen LogP contribution in [-0.4, -0.2) is 49.8 Å². The van der Waals surface area contributed by atoms with Gasteiger partial charge >= 0.3 is 0 Å². The van der Waals surface area contributed by atoms with Gasteiger partial charge in [0, 0.05) is 31.7 Å². The van der Waals surface area contributed by atoms with Gasteiger partial charge < -0.3 is 10.1 Å². The highest BCUT2D eigenvalue weighted by atomic mass is 16.5. The van der Waals surface area contributed by atoms with Crippen LogP contribution in [0, 0.1) is 11.8 Å². The summed E-state index contributed by atoms with van der Waals surface area (Å²) in [4.78, 5) is 2.64. The van der Waals surface area contributed by atoms with Crippen LogP contribution < -0.4 is 5.32 Å². The summed E-state index contributed by atoms with van der Waals surface area (Å²) in [5.41, 5.74) is 0. The minimum atomic E-state index is 0.536. The second-order valence-electron chi connectivity index (χ2n) is 5.74. The van der Waals surface area contributed by atoms with Crippen molar-refractivity contribution in [1.82, 2.24) is 10.2 Å². The van der Waals surface area contributed by atoms with Crippen molar-refractivity contribution in [3.05, 3.63) is 0 Å². The fourth-order valence-electron chi connectivity index (χ4n) is 3.09. The molecule has 0 amide bonds. The van der Waals surface area contributed by atoms with Gasteiger partial charge in [0.25, 0.3) is 0 Å². The van der Waals surface area contributed by atoms with Crippen molar-refractivity contribution in [2.75, 3.05) is 32.8 Å². The molecule has 0 bridgehead atoms. The van der Waals surface area contributed by atoms with Crippen LogP contribution in [0.2, 0.25) is 0 Å². The quantitative estimate of drug-likeness (QED) is 0.769. The molecule has 0 saturated carbocycles. The number of likely N-dealkylation sites (tertiary alicyclic amines) is 1. The zero-order valence-electron chi connectivity index (χ0n) is 10.9. The monoisotopic (exact) mass is 226 g/mol. The molecule has 0 aromatic rings. The minimum absolute atomic E-state index is 0.536. The predicted octanol–water partition coefficient (Wildman–Crippen LogP) is 1.34. The van der Waals surface area contributed by atoms with Crippen molar-refractivity contribution in [1.29, 1.82) is 0 Å². The molecule has 3 nitrogen and oxygen atoms in total. The van der Waals surface area contributed by atoms with Gasteiger partial charge in [0.1, 0.15) is 0 Å². The summed E-state index contributed by atoms with van der Waals surface area (Å²) in [6, 6.07) is 1.26. The van der Waals surface area contributed by atoms with E-state index in [0.29, 0.717) is 6.04 Å². The van der Waals surface area contributed by atoms with Gasteiger partial charge in [-0.2, -0.15) is 0 Å². The van der Waals surface area contributed by atoms with Crippen molar-refractivity contribution in [2.45, 2.75) is 39.3 Å². The maximum absolute atomic E-state index is 5.52. The van der Waals surface area contributed by atoms with E-state index in [2.05, 4.69) is 31.0 Å². The third-order valence-corrected chi connectivity index (χ3v) is 4.17. The molecule has 2 aliphatic rings. The highest BCUT2D eigenvalue weighted by molar-refractivity contribution is 4.85. The molecular formula is C13H26N2O. The van der Waals surface area contributed by atoms with E-state index in [-0.39, 0.29) is 0 Å². The number of hydrogen-bond donors (Lipinski definition) is 1. The van der Waals surface area contributed by atoms with Crippen molar-refractivity contribution >= 4 is 0 Å². The van der Waals surface area contributed by atoms with E-state index in [1.165, 1.54) is 13.0 Å². The first kappa shape index (κ1) is 12.3. The first-order valence-corrected chi connectivity index (χ1v) is 6.72. The summed E-state index contributed by atoms with van der Waals surface area (Å²) in [6.45, 7) is 12.3. The molecule has 2 rings (SSSR count). The highest BCUT2D eigenvalue weighted by Crippen LogP contribution is 2.26. The van der Waals surface area contributed by atoms with Gasteiger partial charge in [0.15, 0.2) is 0 Å². The summed E-state index contributed by atoms with van der Waals surface area (Å²) >= 11 is 0. The fourth-order valence-corrected chi connectivity index (χ4v) is 3.09. The number of morpholine rings is 1. The molecule has 0 spiro atoms. The first-order chi connectivity index (χ1) is 7.66.